The molecule has 2 heterocycles. The molecule has 1 aromatic rings. The van der Waals surface area contributed by atoms with Crippen molar-refractivity contribution in [3.63, 3.8) is 0 Å². The van der Waals surface area contributed by atoms with E-state index in [4.69, 9.17) is 5.73 Å². The van der Waals surface area contributed by atoms with Gasteiger partial charge in [-0.15, -0.1) is 12.4 Å². The van der Waals surface area contributed by atoms with Crippen LogP contribution in [0.25, 0.3) is 0 Å². The molecule has 1 saturated carbocycles. The maximum atomic E-state index is 12.5. The minimum atomic E-state index is -3.46. The summed E-state index contributed by atoms with van der Waals surface area (Å²) < 4.78 is 28.4. The van der Waals surface area contributed by atoms with Gasteiger partial charge in [-0.2, -0.15) is 4.31 Å². The van der Waals surface area contributed by atoms with Gasteiger partial charge in [0.15, 0.2) is 5.03 Å². The lowest BCUT2D eigenvalue weighted by atomic mass is 9.98. The standard InChI is InChI=1S/C12H20N4O2S.ClH/c1-8-14-12(7-15(8)2)19(17,18)16-5-9-3-4-11(13)10(9)6-16;/h7,9-11H,3-6,13H2,1-2H3;1H. The van der Waals surface area contributed by atoms with E-state index in [-0.39, 0.29) is 23.5 Å². The summed E-state index contributed by atoms with van der Waals surface area (Å²) in [6.45, 7) is 2.94. The second-order valence-electron chi connectivity index (χ2n) is 5.72. The second kappa shape index (κ2) is 5.29. The number of rotatable bonds is 2. The summed E-state index contributed by atoms with van der Waals surface area (Å²) in [6.07, 6.45) is 3.64. The van der Waals surface area contributed by atoms with E-state index < -0.39 is 10.0 Å². The molecule has 0 radical (unpaired) electrons. The van der Waals surface area contributed by atoms with Gasteiger partial charge in [0, 0.05) is 32.4 Å². The SMILES string of the molecule is Cc1nc(S(=O)(=O)N2CC3CCC(N)C3C2)cn1C.Cl. The zero-order valence-corrected chi connectivity index (χ0v) is 13.3. The lowest BCUT2D eigenvalue weighted by Gasteiger charge is -2.17. The number of halogens is 1. The van der Waals surface area contributed by atoms with Gasteiger partial charge >= 0.3 is 0 Å². The molecule has 2 aliphatic rings. The number of aryl methyl sites for hydroxylation is 2. The van der Waals surface area contributed by atoms with Gasteiger partial charge in [0.1, 0.15) is 5.82 Å². The Morgan fingerprint density at radius 3 is 2.60 bits per heavy atom. The highest BCUT2D eigenvalue weighted by Gasteiger charge is 2.45. The molecule has 0 spiro atoms. The Kier molecular flexibility index (Phi) is 4.17. The number of hydrogen-bond acceptors (Lipinski definition) is 4. The summed E-state index contributed by atoms with van der Waals surface area (Å²) >= 11 is 0. The van der Waals surface area contributed by atoms with E-state index in [1.165, 1.54) is 0 Å². The first-order chi connectivity index (χ1) is 8.89. The topological polar surface area (TPSA) is 81.2 Å². The maximum absolute atomic E-state index is 12.5. The van der Waals surface area contributed by atoms with Crippen LogP contribution in [0, 0.1) is 18.8 Å². The van der Waals surface area contributed by atoms with Crippen LogP contribution < -0.4 is 5.73 Å². The van der Waals surface area contributed by atoms with Gasteiger partial charge in [0.05, 0.1) is 0 Å². The maximum Gasteiger partial charge on any atom is 0.262 e. The van der Waals surface area contributed by atoms with Gasteiger partial charge < -0.3 is 10.3 Å². The second-order valence-corrected chi connectivity index (χ2v) is 7.61. The molecule has 20 heavy (non-hydrogen) atoms. The fraction of sp³-hybridized carbons (Fsp3) is 0.750. The third-order valence-corrected chi connectivity index (χ3v) is 6.27. The van der Waals surface area contributed by atoms with Crippen LogP contribution in [0.5, 0.6) is 0 Å². The van der Waals surface area contributed by atoms with E-state index in [0.717, 1.165) is 12.8 Å². The van der Waals surface area contributed by atoms with E-state index in [2.05, 4.69) is 4.98 Å². The molecule has 1 aliphatic heterocycles. The van der Waals surface area contributed by atoms with Gasteiger partial charge in [-0.05, 0) is 31.6 Å². The number of hydrogen-bond donors (Lipinski definition) is 1. The molecule has 0 amide bonds. The molecule has 6 nitrogen and oxygen atoms in total. The highest BCUT2D eigenvalue weighted by molar-refractivity contribution is 7.89. The largest absolute Gasteiger partial charge is 0.337 e. The Bertz CT molecular complexity index is 581. The monoisotopic (exact) mass is 320 g/mol. The van der Waals surface area contributed by atoms with Crippen molar-refractivity contribution in [2.45, 2.75) is 30.8 Å². The first-order valence-corrected chi connectivity index (χ1v) is 8.09. The Morgan fingerprint density at radius 1 is 1.35 bits per heavy atom. The van der Waals surface area contributed by atoms with Crippen LogP contribution in [0.4, 0.5) is 0 Å². The minimum Gasteiger partial charge on any atom is -0.337 e. The van der Waals surface area contributed by atoms with Gasteiger partial charge in [-0.25, -0.2) is 13.4 Å². The number of nitrogens with two attached hydrogens (primary N) is 1. The summed E-state index contributed by atoms with van der Waals surface area (Å²) in [5.41, 5.74) is 6.05. The first kappa shape index (κ1) is 15.8. The lowest BCUT2D eigenvalue weighted by Crippen LogP contribution is -2.33. The summed E-state index contributed by atoms with van der Waals surface area (Å²) in [7, 11) is -1.66. The van der Waals surface area contributed by atoms with Crippen molar-refractivity contribution in [3.05, 3.63) is 12.0 Å². The van der Waals surface area contributed by atoms with Crippen molar-refractivity contribution in [3.8, 4) is 0 Å². The zero-order valence-electron chi connectivity index (χ0n) is 11.7. The summed E-state index contributed by atoms with van der Waals surface area (Å²) in [5, 5.41) is 0.154. The molecule has 1 aliphatic carbocycles. The number of aromatic nitrogens is 2. The highest BCUT2D eigenvalue weighted by Crippen LogP contribution is 2.39. The van der Waals surface area contributed by atoms with Crippen molar-refractivity contribution in [1.29, 1.82) is 0 Å². The predicted molar refractivity (Wildman–Crippen MR) is 78.1 cm³/mol. The molecule has 2 N–H and O–H groups in total. The van der Waals surface area contributed by atoms with Crippen LogP contribution in [0.15, 0.2) is 11.2 Å². The fourth-order valence-electron chi connectivity index (χ4n) is 3.25. The normalized spacial score (nSPS) is 30.2. The third-order valence-electron chi connectivity index (χ3n) is 4.57. The van der Waals surface area contributed by atoms with Gasteiger partial charge in [-0.3, -0.25) is 0 Å². The van der Waals surface area contributed by atoms with Crippen LogP contribution in [0.2, 0.25) is 0 Å². The first-order valence-electron chi connectivity index (χ1n) is 6.65. The molecule has 0 aromatic carbocycles. The molecule has 1 saturated heterocycles. The summed E-state index contributed by atoms with van der Waals surface area (Å²) in [4.78, 5) is 4.14. The van der Waals surface area contributed by atoms with Gasteiger partial charge in [0.25, 0.3) is 10.0 Å². The molecule has 8 heteroatoms. The Morgan fingerprint density at radius 2 is 2.05 bits per heavy atom. The van der Waals surface area contributed by atoms with E-state index in [0.29, 0.717) is 30.7 Å². The smallest absolute Gasteiger partial charge is 0.262 e. The van der Waals surface area contributed by atoms with E-state index in [1.807, 2.05) is 0 Å². The number of nitrogens with zero attached hydrogens (tertiary/aromatic N) is 3. The quantitative estimate of drug-likeness (QED) is 0.861. The molecular formula is C12H21ClN4O2S. The molecule has 2 fully saturated rings. The zero-order chi connectivity index (χ0) is 13.8. The van der Waals surface area contributed by atoms with Crippen LogP contribution in [0.1, 0.15) is 18.7 Å². The average molecular weight is 321 g/mol. The van der Waals surface area contributed by atoms with Crippen LogP contribution in [0.3, 0.4) is 0 Å². The highest BCUT2D eigenvalue weighted by atomic mass is 35.5. The molecule has 114 valence electrons. The van der Waals surface area contributed by atoms with Gasteiger partial charge in [0.2, 0.25) is 0 Å². The van der Waals surface area contributed by atoms with E-state index in [1.54, 1.807) is 29.0 Å². The minimum absolute atomic E-state index is 0. The summed E-state index contributed by atoms with van der Waals surface area (Å²) in [6, 6.07) is 0.149. The third kappa shape index (κ3) is 2.36. The average Bonchev–Trinajstić information content (AvgIpc) is 2.99. The van der Waals surface area contributed by atoms with Crippen molar-refractivity contribution < 1.29 is 8.42 Å². The number of sulfonamides is 1. The van der Waals surface area contributed by atoms with E-state index in [9.17, 15) is 8.42 Å². The van der Waals surface area contributed by atoms with Crippen molar-refractivity contribution >= 4 is 22.4 Å². The van der Waals surface area contributed by atoms with Gasteiger partial charge in [-0.1, -0.05) is 0 Å². The number of fused-ring (bicyclic) bond motifs is 1. The van der Waals surface area contributed by atoms with E-state index >= 15 is 0 Å². The van der Waals surface area contributed by atoms with Crippen LogP contribution >= 0.6 is 12.4 Å². The molecule has 3 rings (SSSR count). The molecule has 1 aromatic heterocycles. The molecular weight excluding hydrogens is 300 g/mol. The predicted octanol–water partition coefficient (Wildman–Crippen LogP) is 0.508. The Hall–Kier alpha value is -0.630. The van der Waals surface area contributed by atoms with Crippen LogP contribution in [-0.4, -0.2) is 41.4 Å². The fourth-order valence-corrected chi connectivity index (χ4v) is 4.81. The molecule has 0 bridgehead atoms. The molecule has 3 unspecified atom stereocenters. The van der Waals surface area contributed by atoms with Crippen LogP contribution in [-0.2, 0) is 17.1 Å². The van der Waals surface area contributed by atoms with Crippen molar-refractivity contribution in [1.82, 2.24) is 13.9 Å². The lowest BCUT2D eigenvalue weighted by molar-refractivity contribution is 0.425. The Balaban J connectivity index is 0.00000147. The van der Waals surface area contributed by atoms with Crippen molar-refractivity contribution in [2.24, 2.45) is 24.6 Å². The summed E-state index contributed by atoms with van der Waals surface area (Å²) in [5.74, 6) is 1.45. The van der Waals surface area contributed by atoms with Crippen molar-refractivity contribution in [2.75, 3.05) is 13.1 Å². The molecule has 3 atom stereocenters. The Labute approximate surface area is 125 Å². The number of imidazole rings is 1.